The molecule has 0 aliphatic heterocycles. The van der Waals surface area contributed by atoms with Gasteiger partial charge in [0.25, 0.3) is 0 Å². The lowest BCUT2D eigenvalue weighted by molar-refractivity contribution is 1.18. The maximum absolute atomic E-state index is 8.89. The summed E-state index contributed by atoms with van der Waals surface area (Å²) >= 11 is 7.32. The molecule has 3 nitrogen and oxygen atoms in total. The summed E-state index contributed by atoms with van der Waals surface area (Å²) in [5.74, 6) is 0. The average molecular weight is 326 g/mol. The van der Waals surface area contributed by atoms with Crippen LogP contribution in [-0.4, -0.2) is 4.98 Å². The topological polar surface area (TPSA) is 48.7 Å². The van der Waals surface area contributed by atoms with Crippen LogP contribution in [0.2, 0.25) is 4.47 Å². The summed E-state index contributed by atoms with van der Waals surface area (Å²) in [6, 6.07) is 17.8. The standard InChI is InChI=1S/C17H12ClN3S/c18-17-21-11-14(22-17)10-20-16-4-2-1-3-15(16)13-7-5-12(9-19)6-8-13/h1-8,11,20H,10H2. The molecule has 0 aliphatic carbocycles. The van der Waals surface area contributed by atoms with Gasteiger partial charge in [-0.2, -0.15) is 5.26 Å². The van der Waals surface area contributed by atoms with Crippen molar-refractivity contribution in [2.24, 2.45) is 0 Å². The second-order valence-electron chi connectivity index (χ2n) is 4.67. The molecule has 0 atom stereocenters. The smallest absolute Gasteiger partial charge is 0.183 e. The molecule has 1 N–H and O–H groups in total. The molecule has 22 heavy (non-hydrogen) atoms. The van der Waals surface area contributed by atoms with Crippen molar-refractivity contribution in [3.05, 3.63) is 69.6 Å². The average Bonchev–Trinajstić information content (AvgIpc) is 2.99. The molecule has 0 saturated heterocycles. The first-order chi connectivity index (χ1) is 10.8. The van der Waals surface area contributed by atoms with Gasteiger partial charge in [0.2, 0.25) is 0 Å². The van der Waals surface area contributed by atoms with Crippen LogP contribution in [0.1, 0.15) is 10.4 Å². The van der Waals surface area contributed by atoms with Crippen LogP contribution in [0.4, 0.5) is 5.69 Å². The quantitative estimate of drug-likeness (QED) is 0.738. The number of nitriles is 1. The zero-order valence-electron chi connectivity index (χ0n) is 11.6. The number of aromatic nitrogens is 1. The van der Waals surface area contributed by atoms with Crippen molar-refractivity contribution < 1.29 is 0 Å². The summed E-state index contributed by atoms with van der Waals surface area (Å²) in [5, 5.41) is 12.3. The van der Waals surface area contributed by atoms with E-state index in [1.165, 1.54) is 11.3 Å². The van der Waals surface area contributed by atoms with Gasteiger partial charge in [-0.3, -0.25) is 0 Å². The van der Waals surface area contributed by atoms with Crippen molar-refractivity contribution in [1.82, 2.24) is 4.98 Å². The number of hydrogen-bond acceptors (Lipinski definition) is 4. The van der Waals surface area contributed by atoms with Crippen molar-refractivity contribution in [3.8, 4) is 17.2 Å². The predicted molar refractivity (Wildman–Crippen MR) is 91.0 cm³/mol. The van der Waals surface area contributed by atoms with Gasteiger partial charge in [0.05, 0.1) is 18.2 Å². The van der Waals surface area contributed by atoms with Crippen LogP contribution in [-0.2, 0) is 6.54 Å². The summed E-state index contributed by atoms with van der Waals surface area (Å²) in [6.07, 6.45) is 1.78. The molecule has 1 aromatic heterocycles. The van der Waals surface area contributed by atoms with Gasteiger partial charge in [0.15, 0.2) is 4.47 Å². The molecule has 0 unspecified atom stereocenters. The highest BCUT2D eigenvalue weighted by molar-refractivity contribution is 7.15. The Morgan fingerprint density at radius 1 is 1.14 bits per heavy atom. The molecule has 0 fully saturated rings. The number of para-hydroxylation sites is 1. The lowest BCUT2D eigenvalue weighted by Gasteiger charge is -2.11. The summed E-state index contributed by atoms with van der Waals surface area (Å²) < 4.78 is 0.553. The van der Waals surface area contributed by atoms with E-state index in [-0.39, 0.29) is 0 Å². The fourth-order valence-electron chi connectivity index (χ4n) is 2.16. The van der Waals surface area contributed by atoms with Crippen LogP contribution < -0.4 is 5.32 Å². The van der Waals surface area contributed by atoms with E-state index in [9.17, 15) is 0 Å². The lowest BCUT2D eigenvalue weighted by Crippen LogP contribution is -1.99. The van der Waals surface area contributed by atoms with E-state index in [4.69, 9.17) is 16.9 Å². The Bertz CT molecular complexity index is 818. The molecular formula is C17H12ClN3S. The maximum atomic E-state index is 8.89. The van der Waals surface area contributed by atoms with Crippen LogP contribution in [0.15, 0.2) is 54.7 Å². The molecule has 0 radical (unpaired) electrons. The van der Waals surface area contributed by atoms with Crippen LogP contribution >= 0.6 is 22.9 Å². The Hall–Kier alpha value is -2.35. The lowest BCUT2D eigenvalue weighted by atomic mass is 10.0. The summed E-state index contributed by atoms with van der Waals surface area (Å²) in [4.78, 5) is 5.12. The first kappa shape index (κ1) is 14.6. The van der Waals surface area contributed by atoms with Crippen LogP contribution in [0, 0.1) is 11.3 Å². The Balaban J connectivity index is 1.84. The Labute approximate surface area is 137 Å². The minimum atomic E-state index is 0.553. The predicted octanol–water partition coefficient (Wildman–Crippen LogP) is 4.95. The molecule has 0 spiro atoms. The fourth-order valence-corrected chi connectivity index (χ4v) is 3.08. The summed E-state index contributed by atoms with van der Waals surface area (Å²) in [7, 11) is 0. The Morgan fingerprint density at radius 3 is 2.59 bits per heavy atom. The van der Waals surface area contributed by atoms with E-state index in [1.54, 1.807) is 6.20 Å². The minimum absolute atomic E-state index is 0.553. The van der Waals surface area contributed by atoms with E-state index < -0.39 is 0 Å². The zero-order chi connectivity index (χ0) is 15.4. The molecule has 3 rings (SSSR count). The summed E-state index contributed by atoms with van der Waals surface area (Å²) in [6.45, 7) is 0.678. The Morgan fingerprint density at radius 2 is 1.91 bits per heavy atom. The molecule has 1 heterocycles. The van der Waals surface area contributed by atoms with Crippen molar-refractivity contribution in [3.63, 3.8) is 0 Å². The number of nitrogens with zero attached hydrogens (tertiary/aromatic N) is 2. The second-order valence-corrected chi connectivity index (χ2v) is 6.37. The van der Waals surface area contributed by atoms with Gasteiger partial charge in [-0.05, 0) is 23.8 Å². The molecule has 0 saturated carbocycles. The summed E-state index contributed by atoms with van der Waals surface area (Å²) in [5.41, 5.74) is 3.87. The van der Waals surface area contributed by atoms with E-state index in [0.717, 1.165) is 21.7 Å². The minimum Gasteiger partial charge on any atom is -0.380 e. The van der Waals surface area contributed by atoms with E-state index >= 15 is 0 Å². The van der Waals surface area contributed by atoms with Crippen LogP contribution in [0.3, 0.4) is 0 Å². The Kier molecular flexibility index (Phi) is 4.38. The van der Waals surface area contributed by atoms with Gasteiger partial charge < -0.3 is 5.32 Å². The normalized spacial score (nSPS) is 10.2. The number of benzene rings is 2. The van der Waals surface area contributed by atoms with Gasteiger partial charge in [-0.15, -0.1) is 11.3 Å². The number of rotatable bonds is 4. The molecule has 0 aliphatic rings. The van der Waals surface area contributed by atoms with Crippen molar-refractivity contribution in [2.45, 2.75) is 6.54 Å². The third-order valence-corrected chi connectivity index (χ3v) is 4.35. The highest BCUT2D eigenvalue weighted by atomic mass is 35.5. The molecule has 3 aromatic rings. The van der Waals surface area contributed by atoms with Gasteiger partial charge >= 0.3 is 0 Å². The van der Waals surface area contributed by atoms with E-state index in [1.807, 2.05) is 42.5 Å². The molecule has 108 valence electrons. The number of hydrogen-bond donors (Lipinski definition) is 1. The monoisotopic (exact) mass is 325 g/mol. The number of halogens is 1. The second kappa shape index (κ2) is 6.61. The van der Waals surface area contributed by atoms with Gasteiger partial charge in [-0.25, -0.2) is 4.98 Å². The highest BCUT2D eigenvalue weighted by Gasteiger charge is 2.06. The zero-order valence-corrected chi connectivity index (χ0v) is 13.2. The van der Waals surface area contributed by atoms with Crippen molar-refractivity contribution in [1.29, 1.82) is 5.26 Å². The van der Waals surface area contributed by atoms with Crippen LogP contribution in [0.5, 0.6) is 0 Å². The van der Waals surface area contributed by atoms with E-state index in [2.05, 4.69) is 22.4 Å². The third kappa shape index (κ3) is 3.28. The van der Waals surface area contributed by atoms with Crippen molar-refractivity contribution in [2.75, 3.05) is 5.32 Å². The molecule has 0 bridgehead atoms. The van der Waals surface area contributed by atoms with Gasteiger partial charge in [0, 0.05) is 22.3 Å². The van der Waals surface area contributed by atoms with Gasteiger partial charge in [0.1, 0.15) is 0 Å². The molecule has 5 heteroatoms. The first-order valence-corrected chi connectivity index (χ1v) is 7.89. The van der Waals surface area contributed by atoms with Crippen LogP contribution in [0.25, 0.3) is 11.1 Å². The molecule has 0 amide bonds. The number of nitrogens with one attached hydrogen (secondary N) is 1. The molecular weight excluding hydrogens is 314 g/mol. The largest absolute Gasteiger partial charge is 0.380 e. The number of anilines is 1. The van der Waals surface area contributed by atoms with Gasteiger partial charge in [-0.1, -0.05) is 41.9 Å². The fraction of sp³-hybridized carbons (Fsp3) is 0.0588. The highest BCUT2D eigenvalue weighted by Crippen LogP contribution is 2.29. The first-order valence-electron chi connectivity index (χ1n) is 6.70. The van der Waals surface area contributed by atoms with Crippen molar-refractivity contribution >= 4 is 28.6 Å². The third-order valence-electron chi connectivity index (χ3n) is 3.23. The SMILES string of the molecule is N#Cc1ccc(-c2ccccc2NCc2cnc(Cl)s2)cc1. The van der Waals surface area contributed by atoms with E-state index in [0.29, 0.717) is 16.6 Å². The maximum Gasteiger partial charge on any atom is 0.183 e. The number of thiazole rings is 1. The molecule has 2 aromatic carbocycles.